The Morgan fingerprint density at radius 2 is 1.79 bits per heavy atom. The fourth-order valence-corrected chi connectivity index (χ4v) is 3.73. The molecule has 0 bridgehead atoms. The molecule has 2 aliphatic rings. The summed E-state index contributed by atoms with van der Waals surface area (Å²) in [5.41, 5.74) is 0.491. The molecule has 1 unspecified atom stereocenters. The van der Waals surface area contributed by atoms with Gasteiger partial charge in [-0.3, -0.25) is 4.79 Å². The number of carbonyl (C=O) groups is 2. The Morgan fingerprint density at radius 3 is 2.42 bits per heavy atom. The first-order valence-corrected chi connectivity index (χ1v) is 8.49. The summed E-state index contributed by atoms with van der Waals surface area (Å²) >= 11 is 0. The Bertz CT molecular complexity index is 615. The molecule has 0 radical (unpaired) electrons. The van der Waals surface area contributed by atoms with Crippen LogP contribution < -0.4 is 5.32 Å². The lowest BCUT2D eigenvalue weighted by Gasteiger charge is -2.27. The van der Waals surface area contributed by atoms with Gasteiger partial charge in [0.2, 0.25) is 5.91 Å². The molecule has 24 heavy (non-hydrogen) atoms. The summed E-state index contributed by atoms with van der Waals surface area (Å²) in [4.78, 5) is 23.5. The predicted octanol–water partition coefficient (Wildman–Crippen LogP) is 2.81. The Hall–Kier alpha value is -1.95. The summed E-state index contributed by atoms with van der Waals surface area (Å²) in [5, 5.41) is 11.9. The smallest absolute Gasteiger partial charge is 0.332 e. The summed E-state index contributed by atoms with van der Waals surface area (Å²) in [6, 6.07) is 6.10. The summed E-state index contributed by atoms with van der Waals surface area (Å²) < 4.78 is 19.5. The zero-order valence-corrected chi connectivity index (χ0v) is 13.4. The largest absolute Gasteiger partial charge is 0.479 e. The molecule has 130 valence electrons. The molecule has 1 saturated carbocycles. The number of aliphatic carboxylic acids is 1. The Balaban J connectivity index is 1.74. The van der Waals surface area contributed by atoms with Crippen molar-refractivity contribution in [3.63, 3.8) is 0 Å². The maximum Gasteiger partial charge on any atom is 0.332 e. The minimum Gasteiger partial charge on any atom is -0.479 e. The fraction of sp³-hybridized carbons (Fsp3) is 0.556. The Kier molecular flexibility index (Phi) is 5.14. The predicted molar refractivity (Wildman–Crippen MR) is 84.8 cm³/mol. The molecule has 1 aliphatic heterocycles. The Labute approximate surface area is 140 Å². The van der Waals surface area contributed by atoms with Gasteiger partial charge in [-0.05, 0) is 37.7 Å². The number of amides is 1. The summed E-state index contributed by atoms with van der Waals surface area (Å²) in [5.74, 6) is -1.53. The van der Waals surface area contributed by atoms with Gasteiger partial charge in [0.25, 0.3) is 0 Å². The highest BCUT2D eigenvalue weighted by molar-refractivity contribution is 5.83. The molecule has 1 saturated heterocycles. The zero-order valence-electron chi connectivity index (χ0n) is 13.4. The van der Waals surface area contributed by atoms with Crippen molar-refractivity contribution in [1.29, 1.82) is 0 Å². The highest BCUT2D eigenvalue weighted by atomic mass is 19.1. The fourth-order valence-electron chi connectivity index (χ4n) is 3.73. The molecule has 3 atom stereocenters. The molecule has 1 aromatic carbocycles. The third-order valence-electron chi connectivity index (χ3n) is 5.00. The van der Waals surface area contributed by atoms with Gasteiger partial charge in [-0.15, -0.1) is 0 Å². The van der Waals surface area contributed by atoms with Crippen LogP contribution in [-0.2, 0) is 14.3 Å². The van der Waals surface area contributed by atoms with Crippen LogP contribution in [0.4, 0.5) is 4.39 Å². The highest BCUT2D eigenvalue weighted by Gasteiger charge is 2.37. The maximum absolute atomic E-state index is 14.2. The SMILES string of the molecule is O=C(NC(c1ccccc1F)C1CCCC1)[C@@H]1CC[C@H](C(=O)O)O1. The van der Waals surface area contributed by atoms with E-state index in [1.807, 2.05) is 0 Å². The molecule has 1 aliphatic carbocycles. The third-order valence-corrected chi connectivity index (χ3v) is 5.00. The molecule has 3 rings (SSSR count). The number of nitrogens with one attached hydrogen (secondary N) is 1. The number of carboxylic acid groups (broad SMARTS) is 1. The second-order valence-electron chi connectivity index (χ2n) is 6.58. The molecular weight excluding hydrogens is 313 g/mol. The number of halogens is 1. The average molecular weight is 335 g/mol. The van der Waals surface area contributed by atoms with Crippen LogP contribution in [0.25, 0.3) is 0 Å². The molecule has 1 aromatic rings. The van der Waals surface area contributed by atoms with Crippen LogP contribution in [0.5, 0.6) is 0 Å². The number of rotatable bonds is 5. The average Bonchev–Trinajstić information content (AvgIpc) is 3.25. The first-order valence-electron chi connectivity index (χ1n) is 8.49. The number of benzene rings is 1. The minimum absolute atomic E-state index is 0.197. The van der Waals surface area contributed by atoms with Crippen molar-refractivity contribution in [3.05, 3.63) is 35.6 Å². The van der Waals surface area contributed by atoms with E-state index in [-0.39, 0.29) is 17.6 Å². The molecule has 2 fully saturated rings. The molecule has 2 N–H and O–H groups in total. The van der Waals surface area contributed by atoms with Gasteiger partial charge in [-0.25, -0.2) is 9.18 Å². The molecular formula is C18H22FNO4. The third kappa shape index (κ3) is 3.59. The van der Waals surface area contributed by atoms with Crippen molar-refractivity contribution in [2.24, 2.45) is 5.92 Å². The van der Waals surface area contributed by atoms with E-state index >= 15 is 0 Å². The van der Waals surface area contributed by atoms with E-state index in [2.05, 4.69) is 5.32 Å². The van der Waals surface area contributed by atoms with E-state index in [1.54, 1.807) is 18.2 Å². The van der Waals surface area contributed by atoms with E-state index in [0.717, 1.165) is 25.7 Å². The number of ether oxygens (including phenoxy) is 1. The number of hydrogen-bond donors (Lipinski definition) is 2. The van der Waals surface area contributed by atoms with Crippen molar-refractivity contribution >= 4 is 11.9 Å². The van der Waals surface area contributed by atoms with Crippen LogP contribution in [-0.4, -0.2) is 29.2 Å². The van der Waals surface area contributed by atoms with Gasteiger partial charge in [0.05, 0.1) is 6.04 Å². The normalized spacial score (nSPS) is 25.5. The second kappa shape index (κ2) is 7.30. The number of hydrogen-bond acceptors (Lipinski definition) is 3. The van der Waals surface area contributed by atoms with Gasteiger partial charge in [0.15, 0.2) is 6.10 Å². The topological polar surface area (TPSA) is 75.6 Å². The van der Waals surface area contributed by atoms with Gasteiger partial charge in [0, 0.05) is 5.56 Å². The molecule has 0 aromatic heterocycles. The summed E-state index contributed by atoms with van der Waals surface area (Å²) in [7, 11) is 0. The van der Waals surface area contributed by atoms with Gasteiger partial charge >= 0.3 is 5.97 Å². The standard InChI is InChI=1S/C18H22FNO4/c19-13-8-4-3-7-12(13)16(11-5-1-2-6-11)20-17(21)14-9-10-15(24-14)18(22)23/h3-4,7-8,11,14-16H,1-2,5-6,9-10H2,(H,20,21)(H,22,23)/t14-,15+,16?/m0/s1. The van der Waals surface area contributed by atoms with Crippen molar-refractivity contribution < 1.29 is 23.8 Å². The maximum atomic E-state index is 14.2. The number of carboxylic acids is 1. The van der Waals surface area contributed by atoms with Crippen LogP contribution in [0.2, 0.25) is 0 Å². The summed E-state index contributed by atoms with van der Waals surface area (Å²) in [6.45, 7) is 0. The molecule has 5 nitrogen and oxygen atoms in total. The van der Waals surface area contributed by atoms with E-state index < -0.39 is 24.2 Å². The zero-order chi connectivity index (χ0) is 17.1. The minimum atomic E-state index is -1.05. The van der Waals surface area contributed by atoms with Crippen molar-refractivity contribution in [2.75, 3.05) is 0 Å². The van der Waals surface area contributed by atoms with Crippen molar-refractivity contribution in [1.82, 2.24) is 5.32 Å². The first-order chi connectivity index (χ1) is 11.6. The van der Waals surface area contributed by atoms with Gasteiger partial charge in [-0.1, -0.05) is 31.0 Å². The lowest BCUT2D eigenvalue weighted by molar-refractivity contribution is -0.152. The quantitative estimate of drug-likeness (QED) is 0.867. The Morgan fingerprint density at radius 1 is 1.12 bits per heavy atom. The highest BCUT2D eigenvalue weighted by Crippen LogP contribution is 2.37. The first kappa shape index (κ1) is 16.9. The van der Waals surface area contributed by atoms with E-state index in [1.165, 1.54) is 6.07 Å². The van der Waals surface area contributed by atoms with Crippen LogP contribution in [0.15, 0.2) is 24.3 Å². The van der Waals surface area contributed by atoms with Crippen LogP contribution in [0.3, 0.4) is 0 Å². The monoisotopic (exact) mass is 335 g/mol. The van der Waals surface area contributed by atoms with Crippen LogP contribution in [0, 0.1) is 11.7 Å². The van der Waals surface area contributed by atoms with E-state index in [9.17, 15) is 14.0 Å². The second-order valence-corrected chi connectivity index (χ2v) is 6.58. The van der Waals surface area contributed by atoms with Crippen molar-refractivity contribution in [2.45, 2.75) is 56.8 Å². The van der Waals surface area contributed by atoms with Crippen LogP contribution in [0.1, 0.15) is 50.1 Å². The lowest BCUT2D eigenvalue weighted by Crippen LogP contribution is -2.40. The van der Waals surface area contributed by atoms with Crippen molar-refractivity contribution in [3.8, 4) is 0 Å². The van der Waals surface area contributed by atoms with Crippen LogP contribution >= 0.6 is 0 Å². The molecule has 1 amide bonds. The number of carbonyl (C=O) groups excluding carboxylic acids is 1. The summed E-state index contributed by atoms with van der Waals surface area (Å²) in [6.07, 6.45) is 3.03. The van der Waals surface area contributed by atoms with Gasteiger partial charge in [0.1, 0.15) is 11.9 Å². The molecule has 1 heterocycles. The molecule has 6 heteroatoms. The lowest BCUT2D eigenvalue weighted by atomic mass is 9.91. The molecule has 0 spiro atoms. The van der Waals surface area contributed by atoms with Gasteiger partial charge < -0.3 is 15.2 Å². The van der Waals surface area contributed by atoms with E-state index in [0.29, 0.717) is 18.4 Å². The van der Waals surface area contributed by atoms with E-state index in [4.69, 9.17) is 9.84 Å². The van der Waals surface area contributed by atoms with Gasteiger partial charge in [-0.2, -0.15) is 0 Å².